The van der Waals surface area contributed by atoms with E-state index in [4.69, 9.17) is 16.0 Å². The Hall–Kier alpha value is -2.86. The van der Waals surface area contributed by atoms with Gasteiger partial charge in [0.15, 0.2) is 5.76 Å². The van der Waals surface area contributed by atoms with Gasteiger partial charge < -0.3 is 14.2 Å². The van der Waals surface area contributed by atoms with Gasteiger partial charge in [-0.15, -0.1) is 0 Å². The van der Waals surface area contributed by atoms with Crippen molar-refractivity contribution in [2.24, 2.45) is 0 Å². The Balaban J connectivity index is 1.44. The number of aromatic nitrogens is 2. The zero-order valence-electron chi connectivity index (χ0n) is 14.0. The first-order valence-corrected chi connectivity index (χ1v) is 8.75. The van der Waals surface area contributed by atoms with E-state index in [1.54, 1.807) is 41.7 Å². The number of nitrogens with zero attached hydrogens (tertiary/aromatic N) is 4. The molecule has 0 N–H and O–H groups in total. The fraction of sp³-hybridized carbons (Fsp3) is 0.211. The van der Waals surface area contributed by atoms with Crippen LogP contribution in [0.25, 0.3) is 11.3 Å². The van der Waals surface area contributed by atoms with Crippen LogP contribution >= 0.6 is 11.6 Å². The van der Waals surface area contributed by atoms with Crippen molar-refractivity contribution in [3.05, 3.63) is 65.8 Å². The number of benzene rings is 1. The number of piperazine rings is 1. The molecule has 1 amide bonds. The molecule has 3 heterocycles. The molecule has 4 rings (SSSR count). The van der Waals surface area contributed by atoms with Crippen molar-refractivity contribution in [2.45, 2.75) is 0 Å². The molecular formula is C19H17ClN4O2. The van der Waals surface area contributed by atoms with Gasteiger partial charge in [0.05, 0.1) is 11.2 Å². The Labute approximate surface area is 156 Å². The molecule has 1 aliphatic heterocycles. The van der Waals surface area contributed by atoms with Crippen LogP contribution in [0.15, 0.2) is 59.4 Å². The van der Waals surface area contributed by atoms with E-state index in [-0.39, 0.29) is 5.91 Å². The van der Waals surface area contributed by atoms with E-state index in [9.17, 15) is 4.79 Å². The van der Waals surface area contributed by atoms with E-state index < -0.39 is 0 Å². The molecule has 2 aromatic heterocycles. The molecule has 1 saturated heterocycles. The molecule has 0 radical (unpaired) electrons. The Morgan fingerprint density at radius 2 is 1.85 bits per heavy atom. The van der Waals surface area contributed by atoms with Crippen LogP contribution in [0, 0.1) is 0 Å². The van der Waals surface area contributed by atoms with Crippen LogP contribution in [-0.2, 0) is 0 Å². The van der Waals surface area contributed by atoms with Gasteiger partial charge in [-0.3, -0.25) is 9.78 Å². The lowest BCUT2D eigenvalue weighted by molar-refractivity contribution is 0.0715. The second-order valence-electron chi connectivity index (χ2n) is 5.99. The largest absolute Gasteiger partial charge is 0.451 e. The van der Waals surface area contributed by atoms with Crippen molar-refractivity contribution >= 4 is 23.3 Å². The number of hydrogen-bond donors (Lipinski definition) is 0. The summed E-state index contributed by atoms with van der Waals surface area (Å²) < 4.78 is 5.77. The Morgan fingerprint density at radius 3 is 2.58 bits per heavy atom. The maximum atomic E-state index is 12.7. The van der Waals surface area contributed by atoms with Gasteiger partial charge in [0.25, 0.3) is 5.91 Å². The highest BCUT2D eigenvalue weighted by molar-refractivity contribution is 6.33. The molecule has 1 fully saturated rings. The Kier molecular flexibility index (Phi) is 4.58. The van der Waals surface area contributed by atoms with Crippen LogP contribution in [0.5, 0.6) is 0 Å². The predicted molar refractivity (Wildman–Crippen MR) is 99.3 cm³/mol. The maximum absolute atomic E-state index is 12.7. The van der Waals surface area contributed by atoms with Crippen molar-refractivity contribution in [1.29, 1.82) is 0 Å². The van der Waals surface area contributed by atoms with Gasteiger partial charge in [-0.25, -0.2) is 4.98 Å². The molecule has 1 aromatic carbocycles. The summed E-state index contributed by atoms with van der Waals surface area (Å²) in [5.41, 5.74) is 0.778. The topological polar surface area (TPSA) is 62.5 Å². The third-order valence-corrected chi connectivity index (χ3v) is 4.73. The quantitative estimate of drug-likeness (QED) is 0.709. The van der Waals surface area contributed by atoms with E-state index >= 15 is 0 Å². The van der Waals surface area contributed by atoms with E-state index in [0.29, 0.717) is 42.7 Å². The highest BCUT2D eigenvalue weighted by atomic mass is 35.5. The first kappa shape index (κ1) is 16.6. The zero-order chi connectivity index (χ0) is 17.9. The monoisotopic (exact) mass is 368 g/mol. The molecule has 132 valence electrons. The van der Waals surface area contributed by atoms with Crippen LogP contribution in [0.1, 0.15) is 10.6 Å². The lowest BCUT2D eigenvalue weighted by Gasteiger charge is -2.34. The fourth-order valence-corrected chi connectivity index (χ4v) is 3.24. The average Bonchev–Trinajstić information content (AvgIpc) is 3.18. The molecule has 0 saturated carbocycles. The van der Waals surface area contributed by atoms with E-state index in [1.165, 1.54) is 0 Å². The van der Waals surface area contributed by atoms with Crippen LogP contribution in [0.3, 0.4) is 0 Å². The normalized spacial score (nSPS) is 14.5. The second-order valence-corrected chi connectivity index (χ2v) is 6.39. The fourth-order valence-electron chi connectivity index (χ4n) is 3.01. The zero-order valence-corrected chi connectivity index (χ0v) is 14.8. The number of carbonyl (C=O) groups excluding carboxylic acids is 1. The summed E-state index contributed by atoms with van der Waals surface area (Å²) in [6, 6.07) is 10.9. The van der Waals surface area contributed by atoms with Crippen molar-refractivity contribution in [3.8, 4) is 11.3 Å². The lowest BCUT2D eigenvalue weighted by Crippen LogP contribution is -2.49. The lowest BCUT2D eigenvalue weighted by atomic mass is 10.2. The van der Waals surface area contributed by atoms with E-state index in [1.807, 2.05) is 18.2 Å². The van der Waals surface area contributed by atoms with E-state index in [2.05, 4.69) is 14.9 Å². The van der Waals surface area contributed by atoms with Crippen molar-refractivity contribution in [2.75, 3.05) is 31.1 Å². The molecule has 1 aliphatic rings. The van der Waals surface area contributed by atoms with Crippen LogP contribution in [0.2, 0.25) is 5.02 Å². The number of rotatable bonds is 3. The summed E-state index contributed by atoms with van der Waals surface area (Å²) in [5.74, 6) is 1.64. The molecule has 7 heteroatoms. The first-order valence-electron chi connectivity index (χ1n) is 8.37. The first-order chi connectivity index (χ1) is 12.7. The van der Waals surface area contributed by atoms with Gasteiger partial charge in [0.2, 0.25) is 0 Å². The number of furan rings is 1. The molecular weight excluding hydrogens is 352 g/mol. The van der Waals surface area contributed by atoms with Crippen molar-refractivity contribution < 1.29 is 9.21 Å². The Morgan fingerprint density at radius 1 is 1.04 bits per heavy atom. The summed E-state index contributed by atoms with van der Waals surface area (Å²) in [6.45, 7) is 2.64. The predicted octanol–water partition coefficient (Wildman–Crippen LogP) is 3.35. The van der Waals surface area contributed by atoms with Crippen LogP contribution in [-0.4, -0.2) is 47.0 Å². The molecule has 6 nitrogen and oxygen atoms in total. The summed E-state index contributed by atoms with van der Waals surface area (Å²) >= 11 is 6.20. The summed E-state index contributed by atoms with van der Waals surface area (Å²) in [7, 11) is 0. The third kappa shape index (κ3) is 3.28. The molecule has 0 spiro atoms. The molecule has 0 unspecified atom stereocenters. The molecule has 3 aromatic rings. The smallest absolute Gasteiger partial charge is 0.289 e. The number of amides is 1. The average molecular weight is 369 g/mol. The molecule has 26 heavy (non-hydrogen) atoms. The van der Waals surface area contributed by atoms with Gasteiger partial charge in [0.1, 0.15) is 11.6 Å². The number of hydrogen-bond acceptors (Lipinski definition) is 5. The second kappa shape index (κ2) is 7.17. The number of carbonyl (C=O) groups is 1. The number of halogens is 1. The highest BCUT2D eigenvalue weighted by Gasteiger charge is 2.25. The standard InChI is InChI=1S/C19H17ClN4O2/c20-15-4-2-1-3-14(15)16-5-6-17(26-16)19(25)24-11-9-23(10-12-24)18-13-21-7-8-22-18/h1-8,13H,9-12H2. The highest BCUT2D eigenvalue weighted by Crippen LogP contribution is 2.29. The third-order valence-electron chi connectivity index (χ3n) is 4.40. The minimum absolute atomic E-state index is 0.109. The summed E-state index contributed by atoms with van der Waals surface area (Å²) in [4.78, 5) is 25.0. The molecule has 0 bridgehead atoms. The molecule has 0 aliphatic carbocycles. The maximum Gasteiger partial charge on any atom is 0.289 e. The SMILES string of the molecule is O=C(c1ccc(-c2ccccc2Cl)o1)N1CCN(c2cnccn2)CC1. The minimum Gasteiger partial charge on any atom is -0.451 e. The van der Waals surface area contributed by atoms with Crippen molar-refractivity contribution in [1.82, 2.24) is 14.9 Å². The summed E-state index contributed by atoms with van der Waals surface area (Å²) in [6.07, 6.45) is 5.06. The van der Waals surface area contributed by atoms with Gasteiger partial charge in [-0.05, 0) is 24.3 Å². The van der Waals surface area contributed by atoms with Gasteiger partial charge in [-0.2, -0.15) is 0 Å². The van der Waals surface area contributed by atoms with Crippen LogP contribution in [0.4, 0.5) is 5.82 Å². The Bertz CT molecular complexity index is 905. The van der Waals surface area contributed by atoms with Crippen molar-refractivity contribution in [3.63, 3.8) is 0 Å². The number of anilines is 1. The van der Waals surface area contributed by atoms with Crippen LogP contribution < -0.4 is 4.90 Å². The summed E-state index contributed by atoms with van der Waals surface area (Å²) in [5, 5.41) is 0.596. The van der Waals surface area contributed by atoms with Gasteiger partial charge >= 0.3 is 0 Å². The van der Waals surface area contributed by atoms with Gasteiger partial charge in [-0.1, -0.05) is 23.7 Å². The molecule has 0 atom stereocenters. The van der Waals surface area contributed by atoms with E-state index in [0.717, 1.165) is 11.4 Å². The van der Waals surface area contributed by atoms with Gasteiger partial charge in [0, 0.05) is 44.1 Å². The minimum atomic E-state index is -0.109.